The van der Waals surface area contributed by atoms with E-state index >= 15 is 0 Å². The molecule has 4 aromatic rings. The maximum Gasteiger partial charge on any atom is 0.387 e. The molecule has 0 atom stereocenters. The van der Waals surface area contributed by atoms with Gasteiger partial charge in [-0.05, 0) is 84.5 Å². The first-order chi connectivity index (χ1) is 16.1. The summed E-state index contributed by atoms with van der Waals surface area (Å²) in [6.07, 6.45) is 3.07. The predicted molar refractivity (Wildman–Crippen MR) is 121 cm³/mol. The zero-order valence-electron chi connectivity index (χ0n) is 17.6. The van der Waals surface area contributed by atoms with E-state index in [4.69, 9.17) is 9.72 Å². The molecule has 2 heterocycles. The van der Waals surface area contributed by atoms with Crippen molar-refractivity contribution < 1.29 is 18.3 Å². The highest BCUT2D eigenvalue weighted by Crippen LogP contribution is 2.41. The summed E-state index contributed by atoms with van der Waals surface area (Å²) in [5.74, 6) is 1.39. The number of nitrogens with zero attached hydrogens (tertiary/aromatic N) is 2. The normalized spacial score (nSPS) is 15.0. The number of hydrogen-bond donors (Lipinski definition) is 0. The molecule has 166 valence electrons. The lowest BCUT2D eigenvalue weighted by Gasteiger charge is -2.15. The van der Waals surface area contributed by atoms with Crippen LogP contribution in [-0.4, -0.2) is 22.8 Å². The molecule has 1 fully saturated rings. The van der Waals surface area contributed by atoms with Gasteiger partial charge in [0.05, 0.1) is 17.6 Å². The summed E-state index contributed by atoms with van der Waals surface area (Å²) in [7, 11) is 0. The highest BCUT2D eigenvalue weighted by Gasteiger charge is 2.25. The van der Waals surface area contributed by atoms with E-state index in [1.165, 1.54) is 17.7 Å². The number of ether oxygens (including phenoxy) is 2. The number of benzene rings is 3. The number of alkyl halides is 2. The minimum atomic E-state index is -2.91. The van der Waals surface area contributed by atoms with E-state index in [-0.39, 0.29) is 11.3 Å². The molecule has 1 saturated carbocycles. The van der Waals surface area contributed by atoms with Crippen LogP contribution in [0.5, 0.6) is 11.5 Å². The molecular formula is C26H20F2N2O3. The molecule has 33 heavy (non-hydrogen) atoms. The monoisotopic (exact) mass is 446 g/mol. The molecule has 2 aliphatic rings. The maximum absolute atomic E-state index is 13.8. The van der Waals surface area contributed by atoms with Gasteiger partial charge in [-0.15, -0.1) is 0 Å². The van der Waals surface area contributed by atoms with Crippen LogP contribution in [0.15, 0.2) is 65.5 Å². The minimum absolute atomic E-state index is 0.0395. The molecule has 0 radical (unpaired) electrons. The van der Waals surface area contributed by atoms with Crippen molar-refractivity contribution in [3.05, 3.63) is 82.1 Å². The van der Waals surface area contributed by atoms with Gasteiger partial charge < -0.3 is 9.47 Å². The van der Waals surface area contributed by atoms with E-state index in [9.17, 15) is 13.6 Å². The minimum Gasteiger partial charge on any atom is -0.493 e. The Morgan fingerprint density at radius 1 is 1.03 bits per heavy atom. The third-order valence-corrected chi connectivity index (χ3v) is 6.21. The van der Waals surface area contributed by atoms with Gasteiger partial charge in [-0.2, -0.15) is 8.78 Å². The second-order valence-electron chi connectivity index (χ2n) is 8.42. The number of hydrogen-bond acceptors (Lipinski definition) is 4. The summed E-state index contributed by atoms with van der Waals surface area (Å²) in [5, 5.41) is 0. The molecular weight excluding hydrogens is 426 g/mol. The highest BCUT2D eigenvalue weighted by atomic mass is 19.3. The Hall–Kier alpha value is -3.74. The fourth-order valence-electron chi connectivity index (χ4n) is 4.42. The van der Waals surface area contributed by atoms with Gasteiger partial charge in [0.15, 0.2) is 0 Å². The SMILES string of the molecule is O=c1c(-c2ccc3c(c2)CCO3)nc2ccc(C3CC3)cc2n1-c1ccc(OC(F)F)cc1. The molecule has 5 nitrogen and oxygen atoms in total. The second-order valence-corrected chi connectivity index (χ2v) is 8.42. The van der Waals surface area contributed by atoms with Crippen molar-refractivity contribution in [2.45, 2.75) is 31.8 Å². The zero-order chi connectivity index (χ0) is 22.5. The number of aromatic nitrogens is 2. The molecule has 0 spiro atoms. The average molecular weight is 446 g/mol. The Morgan fingerprint density at radius 2 is 1.85 bits per heavy atom. The molecule has 3 aromatic carbocycles. The number of fused-ring (bicyclic) bond motifs is 2. The Bertz CT molecular complexity index is 1430. The van der Waals surface area contributed by atoms with Crippen molar-refractivity contribution in [1.29, 1.82) is 0 Å². The summed E-state index contributed by atoms with van der Waals surface area (Å²) >= 11 is 0. The van der Waals surface area contributed by atoms with Crippen LogP contribution in [0.25, 0.3) is 28.0 Å². The van der Waals surface area contributed by atoms with Crippen LogP contribution in [0.1, 0.15) is 29.9 Å². The Kier molecular flexibility index (Phi) is 4.64. The van der Waals surface area contributed by atoms with Gasteiger partial charge in [-0.3, -0.25) is 9.36 Å². The topological polar surface area (TPSA) is 53.3 Å². The molecule has 0 amide bonds. The van der Waals surface area contributed by atoms with Gasteiger partial charge in [-0.1, -0.05) is 6.07 Å². The van der Waals surface area contributed by atoms with Crippen LogP contribution in [0.3, 0.4) is 0 Å². The summed E-state index contributed by atoms with van der Waals surface area (Å²) in [6.45, 7) is -2.28. The van der Waals surface area contributed by atoms with Crippen molar-refractivity contribution in [1.82, 2.24) is 9.55 Å². The van der Waals surface area contributed by atoms with Crippen molar-refractivity contribution in [3.8, 4) is 28.4 Å². The molecule has 0 saturated heterocycles. The van der Waals surface area contributed by atoms with Gasteiger partial charge in [0.1, 0.15) is 17.2 Å². The lowest BCUT2D eigenvalue weighted by Crippen LogP contribution is -2.22. The molecule has 0 unspecified atom stereocenters. The van der Waals surface area contributed by atoms with Crippen LogP contribution in [0, 0.1) is 0 Å². The van der Waals surface area contributed by atoms with E-state index in [0.29, 0.717) is 34.9 Å². The maximum atomic E-state index is 13.8. The summed E-state index contributed by atoms with van der Waals surface area (Å²) < 4.78 is 36.8. The quantitative estimate of drug-likeness (QED) is 0.408. The van der Waals surface area contributed by atoms with E-state index in [1.54, 1.807) is 16.7 Å². The van der Waals surface area contributed by atoms with Crippen LogP contribution < -0.4 is 15.0 Å². The first kappa shape index (κ1) is 19.9. The zero-order valence-corrected chi connectivity index (χ0v) is 17.6. The van der Waals surface area contributed by atoms with Gasteiger partial charge in [0.25, 0.3) is 5.56 Å². The van der Waals surface area contributed by atoms with Gasteiger partial charge in [0, 0.05) is 17.7 Å². The molecule has 0 N–H and O–H groups in total. The fraction of sp³-hybridized carbons (Fsp3) is 0.231. The highest BCUT2D eigenvalue weighted by molar-refractivity contribution is 5.81. The van der Waals surface area contributed by atoms with Crippen LogP contribution in [0.4, 0.5) is 8.78 Å². The van der Waals surface area contributed by atoms with Gasteiger partial charge >= 0.3 is 6.61 Å². The smallest absolute Gasteiger partial charge is 0.387 e. The van der Waals surface area contributed by atoms with Crippen LogP contribution in [0.2, 0.25) is 0 Å². The molecule has 7 heteroatoms. The van der Waals surface area contributed by atoms with Gasteiger partial charge in [-0.25, -0.2) is 4.98 Å². The van der Waals surface area contributed by atoms with E-state index < -0.39 is 6.61 Å². The van der Waals surface area contributed by atoms with E-state index in [1.807, 2.05) is 30.3 Å². The summed E-state index contributed by atoms with van der Waals surface area (Å²) in [4.78, 5) is 18.5. The predicted octanol–water partition coefficient (Wildman–Crippen LogP) is 5.47. The summed E-state index contributed by atoms with van der Waals surface area (Å²) in [6, 6.07) is 17.8. The summed E-state index contributed by atoms with van der Waals surface area (Å²) in [5.41, 5.74) is 4.98. The second kappa shape index (κ2) is 7.69. The Labute approximate surface area is 188 Å². The molecule has 1 aliphatic carbocycles. The first-order valence-corrected chi connectivity index (χ1v) is 10.9. The lowest BCUT2D eigenvalue weighted by atomic mass is 10.1. The number of halogens is 2. The largest absolute Gasteiger partial charge is 0.493 e. The third-order valence-electron chi connectivity index (χ3n) is 6.21. The van der Waals surface area contributed by atoms with Crippen molar-refractivity contribution in [2.24, 2.45) is 0 Å². The average Bonchev–Trinajstić information content (AvgIpc) is 3.56. The van der Waals surface area contributed by atoms with E-state index in [2.05, 4.69) is 10.8 Å². The Balaban J connectivity index is 1.55. The van der Waals surface area contributed by atoms with Crippen LogP contribution >= 0.6 is 0 Å². The van der Waals surface area contributed by atoms with Crippen molar-refractivity contribution in [2.75, 3.05) is 6.61 Å². The van der Waals surface area contributed by atoms with Crippen molar-refractivity contribution >= 4 is 11.0 Å². The first-order valence-electron chi connectivity index (χ1n) is 10.9. The molecule has 1 aliphatic heterocycles. The Morgan fingerprint density at radius 3 is 2.61 bits per heavy atom. The molecule has 1 aromatic heterocycles. The lowest BCUT2D eigenvalue weighted by molar-refractivity contribution is -0.0498. The molecule has 6 rings (SSSR count). The van der Waals surface area contributed by atoms with E-state index in [0.717, 1.165) is 36.1 Å². The standard InChI is InChI=1S/C26H20F2N2O3/c27-26(28)33-20-7-5-19(6-8-20)30-22-14-16(15-1-2-15)3-9-21(22)29-24(25(30)31)18-4-10-23-17(13-18)11-12-32-23/h3-10,13-15,26H,1-2,11-12H2. The van der Waals surface area contributed by atoms with Crippen molar-refractivity contribution in [3.63, 3.8) is 0 Å². The van der Waals surface area contributed by atoms with Crippen LogP contribution in [-0.2, 0) is 6.42 Å². The van der Waals surface area contributed by atoms with Gasteiger partial charge in [0.2, 0.25) is 0 Å². The number of rotatable bonds is 5. The third kappa shape index (κ3) is 3.63. The fourth-order valence-corrected chi connectivity index (χ4v) is 4.42. The molecule has 0 bridgehead atoms.